The highest BCUT2D eigenvalue weighted by Crippen LogP contribution is 2.27. The van der Waals surface area contributed by atoms with E-state index in [2.05, 4.69) is 49.6 Å². The van der Waals surface area contributed by atoms with Gasteiger partial charge in [0.15, 0.2) is 0 Å². The van der Waals surface area contributed by atoms with Crippen molar-refractivity contribution in [2.24, 2.45) is 5.84 Å². The van der Waals surface area contributed by atoms with E-state index in [-0.39, 0.29) is 11.5 Å². The molecule has 0 amide bonds. The van der Waals surface area contributed by atoms with Gasteiger partial charge in [-0.1, -0.05) is 26.8 Å². The van der Waals surface area contributed by atoms with Crippen molar-refractivity contribution in [3.05, 3.63) is 45.2 Å². The Kier molecular flexibility index (Phi) is 4.76. The Bertz CT molecular complexity index is 613. The van der Waals surface area contributed by atoms with Crippen LogP contribution in [-0.4, -0.2) is 9.97 Å². The van der Waals surface area contributed by atoms with Crippen molar-refractivity contribution in [2.75, 3.05) is 0 Å². The topological polar surface area (TPSA) is 63.8 Å². The van der Waals surface area contributed by atoms with Gasteiger partial charge in [-0.2, -0.15) is 0 Å². The SMILES string of the molecule is Cc1cnc(C(Cc2nc(C(C)(C)C)cs2)NN)c(C)c1. The second kappa shape index (κ2) is 6.22. The summed E-state index contributed by atoms with van der Waals surface area (Å²) in [6.45, 7) is 10.6. The number of thiazole rings is 1. The Labute approximate surface area is 130 Å². The number of pyridine rings is 1. The molecule has 2 aromatic heterocycles. The van der Waals surface area contributed by atoms with E-state index in [1.54, 1.807) is 11.3 Å². The van der Waals surface area contributed by atoms with Crippen molar-refractivity contribution < 1.29 is 0 Å². The predicted octanol–water partition coefficient (Wildman–Crippen LogP) is 3.20. The van der Waals surface area contributed by atoms with E-state index in [1.165, 1.54) is 0 Å². The molecule has 0 aromatic carbocycles. The van der Waals surface area contributed by atoms with Gasteiger partial charge in [-0.25, -0.2) is 4.98 Å². The van der Waals surface area contributed by atoms with Gasteiger partial charge in [0.25, 0.3) is 0 Å². The summed E-state index contributed by atoms with van der Waals surface area (Å²) >= 11 is 1.69. The summed E-state index contributed by atoms with van der Waals surface area (Å²) in [6, 6.07) is 2.12. The first-order chi connectivity index (χ1) is 9.81. The molecule has 0 saturated heterocycles. The summed E-state index contributed by atoms with van der Waals surface area (Å²) < 4.78 is 0. The van der Waals surface area contributed by atoms with Crippen molar-refractivity contribution in [3.8, 4) is 0 Å². The maximum atomic E-state index is 5.74. The van der Waals surface area contributed by atoms with E-state index in [1.807, 2.05) is 13.1 Å². The molecule has 3 N–H and O–H groups in total. The monoisotopic (exact) mass is 304 g/mol. The lowest BCUT2D eigenvalue weighted by Crippen LogP contribution is -2.31. The fraction of sp³-hybridized carbons (Fsp3) is 0.500. The second-order valence-electron chi connectivity index (χ2n) is 6.51. The molecule has 4 nitrogen and oxygen atoms in total. The standard InChI is InChI=1S/C16H24N4S/c1-10-6-11(2)15(18-8-10)12(20-17)7-14-19-13(9-21-14)16(3,4)5/h6,8-9,12,20H,7,17H2,1-5H3. The average Bonchev–Trinajstić information content (AvgIpc) is 2.85. The number of hydrogen-bond donors (Lipinski definition) is 2. The Hall–Kier alpha value is -1.30. The van der Waals surface area contributed by atoms with Crippen molar-refractivity contribution in [3.63, 3.8) is 0 Å². The number of nitrogens with two attached hydrogens (primary N) is 1. The molecular formula is C16H24N4S. The van der Waals surface area contributed by atoms with Gasteiger partial charge >= 0.3 is 0 Å². The second-order valence-corrected chi connectivity index (χ2v) is 7.46. The van der Waals surface area contributed by atoms with Gasteiger partial charge in [0.05, 0.1) is 22.4 Å². The van der Waals surface area contributed by atoms with Crippen LogP contribution >= 0.6 is 11.3 Å². The van der Waals surface area contributed by atoms with Gasteiger partial charge in [-0.3, -0.25) is 16.3 Å². The van der Waals surface area contributed by atoms with Gasteiger partial charge in [0.2, 0.25) is 0 Å². The van der Waals surface area contributed by atoms with E-state index >= 15 is 0 Å². The predicted molar refractivity (Wildman–Crippen MR) is 88.3 cm³/mol. The van der Waals surface area contributed by atoms with E-state index in [4.69, 9.17) is 10.8 Å². The number of rotatable bonds is 4. The zero-order chi connectivity index (χ0) is 15.6. The Balaban J connectivity index is 2.21. The number of aromatic nitrogens is 2. The highest BCUT2D eigenvalue weighted by molar-refractivity contribution is 7.09. The molecule has 1 unspecified atom stereocenters. The zero-order valence-corrected chi connectivity index (χ0v) is 14.2. The zero-order valence-electron chi connectivity index (χ0n) is 13.4. The minimum atomic E-state index is -0.00966. The van der Waals surface area contributed by atoms with Crippen molar-refractivity contribution in [2.45, 2.75) is 52.5 Å². The van der Waals surface area contributed by atoms with Crippen LogP contribution in [0.5, 0.6) is 0 Å². The largest absolute Gasteiger partial charge is 0.271 e. The Morgan fingerprint density at radius 3 is 2.57 bits per heavy atom. The molecule has 0 fully saturated rings. The Morgan fingerprint density at radius 2 is 2.05 bits per heavy atom. The molecule has 5 heteroatoms. The van der Waals surface area contributed by atoms with Gasteiger partial charge in [0.1, 0.15) is 0 Å². The lowest BCUT2D eigenvalue weighted by molar-refractivity contribution is 0.528. The van der Waals surface area contributed by atoms with E-state index < -0.39 is 0 Å². The fourth-order valence-electron chi connectivity index (χ4n) is 2.25. The third kappa shape index (κ3) is 3.87. The van der Waals surface area contributed by atoms with Gasteiger partial charge < -0.3 is 0 Å². The lowest BCUT2D eigenvalue weighted by Gasteiger charge is -2.17. The van der Waals surface area contributed by atoms with Crippen LogP contribution in [0.1, 0.15) is 54.3 Å². The quantitative estimate of drug-likeness (QED) is 0.672. The number of hydrazine groups is 1. The van der Waals surface area contributed by atoms with E-state index in [0.717, 1.165) is 33.9 Å². The molecule has 0 aliphatic heterocycles. The third-order valence-corrected chi connectivity index (χ3v) is 4.36. The van der Waals surface area contributed by atoms with Gasteiger partial charge in [-0.05, 0) is 25.0 Å². The van der Waals surface area contributed by atoms with Crippen LogP contribution in [0.2, 0.25) is 0 Å². The molecule has 1 atom stereocenters. The molecule has 0 saturated carbocycles. The minimum absolute atomic E-state index is 0.00966. The first-order valence-corrected chi connectivity index (χ1v) is 8.03. The molecular weight excluding hydrogens is 280 g/mol. The van der Waals surface area contributed by atoms with Crippen LogP contribution in [0.15, 0.2) is 17.6 Å². The molecule has 21 heavy (non-hydrogen) atoms. The first kappa shape index (κ1) is 16.1. The summed E-state index contributed by atoms with van der Waals surface area (Å²) in [5.74, 6) is 5.74. The fourth-order valence-corrected chi connectivity index (χ4v) is 3.32. The van der Waals surface area contributed by atoms with Gasteiger partial charge in [0, 0.05) is 23.4 Å². The molecule has 2 aromatic rings. The number of hydrogen-bond acceptors (Lipinski definition) is 5. The smallest absolute Gasteiger partial charge is 0.0948 e. The molecule has 114 valence electrons. The number of nitrogens with one attached hydrogen (secondary N) is 1. The molecule has 2 rings (SSSR count). The first-order valence-electron chi connectivity index (χ1n) is 7.15. The maximum Gasteiger partial charge on any atom is 0.0948 e. The molecule has 0 bridgehead atoms. The summed E-state index contributed by atoms with van der Waals surface area (Å²) in [7, 11) is 0. The molecule has 0 aliphatic rings. The molecule has 0 aliphatic carbocycles. The van der Waals surface area contributed by atoms with E-state index in [9.17, 15) is 0 Å². The highest BCUT2D eigenvalue weighted by atomic mass is 32.1. The van der Waals surface area contributed by atoms with Crippen LogP contribution in [0.25, 0.3) is 0 Å². The summed E-state index contributed by atoms with van der Waals surface area (Å²) in [4.78, 5) is 9.27. The van der Waals surface area contributed by atoms with Crippen LogP contribution < -0.4 is 11.3 Å². The molecule has 2 heterocycles. The maximum absolute atomic E-state index is 5.74. The average molecular weight is 304 g/mol. The van der Waals surface area contributed by atoms with Crippen LogP contribution in [0, 0.1) is 13.8 Å². The normalized spacial score (nSPS) is 13.4. The summed E-state index contributed by atoms with van der Waals surface area (Å²) in [5, 5.41) is 3.22. The summed E-state index contributed by atoms with van der Waals surface area (Å²) in [5.41, 5.74) is 7.41. The highest BCUT2D eigenvalue weighted by Gasteiger charge is 2.20. The van der Waals surface area contributed by atoms with Crippen molar-refractivity contribution >= 4 is 11.3 Å². The molecule has 0 radical (unpaired) electrons. The van der Waals surface area contributed by atoms with Crippen molar-refractivity contribution in [1.29, 1.82) is 0 Å². The number of aryl methyl sites for hydroxylation is 2. The van der Waals surface area contributed by atoms with Crippen LogP contribution in [0.3, 0.4) is 0 Å². The minimum Gasteiger partial charge on any atom is -0.271 e. The Morgan fingerprint density at radius 1 is 1.33 bits per heavy atom. The number of nitrogens with zero attached hydrogens (tertiary/aromatic N) is 2. The molecule has 0 spiro atoms. The lowest BCUT2D eigenvalue weighted by atomic mass is 9.93. The van der Waals surface area contributed by atoms with E-state index in [0.29, 0.717) is 0 Å². The van der Waals surface area contributed by atoms with Crippen LogP contribution in [-0.2, 0) is 11.8 Å². The van der Waals surface area contributed by atoms with Crippen molar-refractivity contribution in [1.82, 2.24) is 15.4 Å². The summed E-state index contributed by atoms with van der Waals surface area (Å²) in [6.07, 6.45) is 2.64. The third-order valence-electron chi connectivity index (χ3n) is 3.49. The van der Waals surface area contributed by atoms with Gasteiger partial charge in [-0.15, -0.1) is 11.3 Å². The van der Waals surface area contributed by atoms with Crippen LogP contribution in [0.4, 0.5) is 0 Å².